The highest BCUT2D eigenvalue weighted by Crippen LogP contribution is 2.31. The minimum atomic E-state index is -1.09. The average molecular weight is 233 g/mol. The molecule has 1 N–H and O–H groups in total. The molecule has 0 aromatic rings. The van der Waals surface area contributed by atoms with Gasteiger partial charge in [0.2, 0.25) is 11.8 Å². The number of hydrogen-bond donors (Lipinski definition) is 1. The molecule has 0 spiro atoms. The van der Waals surface area contributed by atoms with E-state index in [0.717, 1.165) is 13.1 Å². The van der Waals surface area contributed by atoms with Crippen molar-refractivity contribution >= 4 is 23.4 Å². The molecule has 1 heterocycles. The van der Waals surface area contributed by atoms with Crippen LogP contribution in [0.15, 0.2) is 0 Å². The van der Waals surface area contributed by atoms with Gasteiger partial charge in [0, 0.05) is 6.04 Å². The fourth-order valence-electron chi connectivity index (χ4n) is 1.99. The summed E-state index contributed by atoms with van der Waals surface area (Å²) >= 11 is 6.24. The van der Waals surface area contributed by atoms with Crippen LogP contribution in [0.4, 0.5) is 0 Å². The molecule has 0 saturated carbocycles. The number of alkyl halides is 1. The van der Waals surface area contributed by atoms with Crippen LogP contribution in [0.3, 0.4) is 0 Å². The Morgan fingerprint density at radius 3 is 2.33 bits per heavy atom. The van der Waals surface area contributed by atoms with Gasteiger partial charge in [0.15, 0.2) is 0 Å². The Bertz CT molecular complexity index is 279. The lowest BCUT2D eigenvalue weighted by molar-refractivity contribution is -0.125. The van der Waals surface area contributed by atoms with Gasteiger partial charge in [-0.05, 0) is 20.0 Å². The number of imide groups is 1. The zero-order valence-electron chi connectivity index (χ0n) is 9.34. The van der Waals surface area contributed by atoms with Crippen molar-refractivity contribution in [1.82, 2.24) is 10.2 Å². The molecular weight excluding hydrogens is 216 g/mol. The number of hydrogen-bond acceptors (Lipinski definition) is 3. The molecule has 0 radical (unpaired) electrons. The molecule has 2 atom stereocenters. The molecule has 0 aromatic heterocycles. The largest absolute Gasteiger partial charge is 0.299 e. The minimum Gasteiger partial charge on any atom is -0.299 e. The van der Waals surface area contributed by atoms with Crippen LogP contribution in [-0.2, 0) is 9.59 Å². The molecule has 1 aliphatic heterocycles. The monoisotopic (exact) mass is 232 g/mol. The van der Waals surface area contributed by atoms with Gasteiger partial charge in [-0.1, -0.05) is 13.8 Å². The molecule has 2 amide bonds. The maximum absolute atomic E-state index is 11.6. The molecular formula is C10H17ClN2O2. The predicted octanol–water partition coefficient (Wildman–Crippen LogP) is 0.741. The van der Waals surface area contributed by atoms with E-state index in [9.17, 15) is 9.59 Å². The summed E-state index contributed by atoms with van der Waals surface area (Å²) in [4.78, 5) is 23.7. The van der Waals surface area contributed by atoms with Crippen LogP contribution in [-0.4, -0.2) is 40.7 Å². The van der Waals surface area contributed by atoms with Crippen molar-refractivity contribution < 1.29 is 9.59 Å². The van der Waals surface area contributed by atoms with Gasteiger partial charge >= 0.3 is 0 Å². The lowest BCUT2D eigenvalue weighted by Gasteiger charge is -2.34. The van der Waals surface area contributed by atoms with Crippen LogP contribution < -0.4 is 5.32 Å². The topological polar surface area (TPSA) is 49.4 Å². The highest BCUT2D eigenvalue weighted by atomic mass is 35.5. The van der Waals surface area contributed by atoms with Gasteiger partial charge in [0.1, 0.15) is 4.87 Å². The highest BCUT2D eigenvalue weighted by molar-refractivity contribution is 6.40. The van der Waals surface area contributed by atoms with Crippen LogP contribution in [0.25, 0.3) is 0 Å². The third kappa shape index (κ3) is 2.16. The summed E-state index contributed by atoms with van der Waals surface area (Å²) in [7, 11) is 0. The molecule has 1 saturated heterocycles. The van der Waals surface area contributed by atoms with E-state index in [0.29, 0.717) is 0 Å². The molecule has 2 unspecified atom stereocenters. The standard InChI is InChI=1S/C10H17ClN2O2/c1-4-13(5-2)7(3)10(11)6-8(14)12-9(10)15/h7H,4-6H2,1-3H3,(H,12,14,15). The normalized spacial score (nSPS) is 28.3. The second-order valence-electron chi connectivity index (χ2n) is 3.81. The van der Waals surface area contributed by atoms with Gasteiger partial charge in [-0.3, -0.25) is 19.8 Å². The number of carbonyl (C=O) groups excluding carboxylic acids is 2. The summed E-state index contributed by atoms with van der Waals surface area (Å²) in [6.07, 6.45) is 0.0745. The average Bonchev–Trinajstić information content (AvgIpc) is 2.43. The Morgan fingerprint density at radius 2 is 2.00 bits per heavy atom. The first kappa shape index (κ1) is 12.5. The second-order valence-corrected chi connectivity index (χ2v) is 4.49. The molecule has 0 bridgehead atoms. The molecule has 0 aliphatic carbocycles. The van der Waals surface area contributed by atoms with Crippen LogP contribution >= 0.6 is 11.6 Å². The SMILES string of the molecule is CCN(CC)C(C)C1(Cl)CC(=O)NC1=O. The van der Waals surface area contributed by atoms with E-state index >= 15 is 0 Å². The van der Waals surface area contributed by atoms with Gasteiger partial charge in [0.05, 0.1) is 6.42 Å². The summed E-state index contributed by atoms with van der Waals surface area (Å²) < 4.78 is 0. The van der Waals surface area contributed by atoms with Crippen molar-refractivity contribution in [2.24, 2.45) is 0 Å². The predicted molar refractivity (Wildman–Crippen MR) is 58.7 cm³/mol. The zero-order chi connectivity index (χ0) is 11.6. The van der Waals surface area contributed by atoms with Gasteiger partial charge in [-0.25, -0.2) is 0 Å². The molecule has 15 heavy (non-hydrogen) atoms. The molecule has 1 fully saturated rings. The number of amides is 2. The number of rotatable bonds is 4. The summed E-state index contributed by atoms with van der Waals surface area (Å²) in [5.74, 6) is -0.650. The Kier molecular flexibility index (Phi) is 3.73. The van der Waals surface area contributed by atoms with Crippen LogP contribution in [0.5, 0.6) is 0 Å². The lowest BCUT2D eigenvalue weighted by Crippen LogP contribution is -2.51. The maximum Gasteiger partial charge on any atom is 0.249 e. The summed E-state index contributed by atoms with van der Waals surface area (Å²) in [5, 5.41) is 2.25. The molecule has 5 heteroatoms. The Morgan fingerprint density at radius 1 is 1.47 bits per heavy atom. The van der Waals surface area contributed by atoms with Gasteiger partial charge < -0.3 is 0 Å². The molecule has 1 aliphatic rings. The van der Waals surface area contributed by atoms with Crippen molar-refractivity contribution in [2.45, 2.75) is 38.1 Å². The zero-order valence-corrected chi connectivity index (χ0v) is 10.1. The van der Waals surface area contributed by atoms with E-state index in [1.807, 2.05) is 20.8 Å². The molecule has 0 aromatic carbocycles. The minimum absolute atomic E-state index is 0.0745. The van der Waals surface area contributed by atoms with Crippen molar-refractivity contribution in [2.75, 3.05) is 13.1 Å². The third-order valence-electron chi connectivity index (χ3n) is 3.07. The highest BCUT2D eigenvalue weighted by Gasteiger charge is 2.50. The van der Waals surface area contributed by atoms with E-state index in [1.165, 1.54) is 0 Å². The first-order valence-corrected chi connectivity index (χ1v) is 5.60. The van der Waals surface area contributed by atoms with Crippen molar-refractivity contribution in [3.63, 3.8) is 0 Å². The summed E-state index contributed by atoms with van der Waals surface area (Å²) in [6, 6.07) is -0.138. The summed E-state index contributed by atoms with van der Waals surface area (Å²) in [5.41, 5.74) is 0. The van der Waals surface area contributed by atoms with Crippen molar-refractivity contribution in [1.29, 1.82) is 0 Å². The Hall–Kier alpha value is -0.610. The maximum atomic E-state index is 11.6. The first-order chi connectivity index (χ1) is 6.95. The smallest absolute Gasteiger partial charge is 0.249 e. The van der Waals surface area contributed by atoms with E-state index in [4.69, 9.17) is 11.6 Å². The van der Waals surface area contributed by atoms with Gasteiger partial charge in [0.25, 0.3) is 0 Å². The fourth-order valence-corrected chi connectivity index (χ4v) is 2.29. The Labute approximate surface area is 95.0 Å². The van der Waals surface area contributed by atoms with Crippen molar-refractivity contribution in [3.8, 4) is 0 Å². The number of nitrogens with zero attached hydrogens (tertiary/aromatic N) is 1. The van der Waals surface area contributed by atoms with E-state index in [-0.39, 0.29) is 24.3 Å². The summed E-state index contributed by atoms with van der Waals surface area (Å²) in [6.45, 7) is 7.53. The quantitative estimate of drug-likeness (QED) is 0.575. The number of halogens is 1. The van der Waals surface area contributed by atoms with Crippen molar-refractivity contribution in [3.05, 3.63) is 0 Å². The second kappa shape index (κ2) is 4.49. The van der Waals surface area contributed by atoms with Crippen LogP contribution in [0, 0.1) is 0 Å². The Balaban J connectivity index is 2.85. The van der Waals surface area contributed by atoms with E-state index in [2.05, 4.69) is 10.2 Å². The van der Waals surface area contributed by atoms with Gasteiger partial charge in [-0.15, -0.1) is 11.6 Å². The number of nitrogens with one attached hydrogen (secondary N) is 1. The fraction of sp³-hybridized carbons (Fsp3) is 0.800. The lowest BCUT2D eigenvalue weighted by atomic mass is 9.97. The van der Waals surface area contributed by atoms with Gasteiger partial charge in [-0.2, -0.15) is 0 Å². The van der Waals surface area contributed by atoms with E-state index < -0.39 is 4.87 Å². The third-order valence-corrected chi connectivity index (χ3v) is 3.69. The van der Waals surface area contributed by atoms with E-state index in [1.54, 1.807) is 0 Å². The molecule has 4 nitrogen and oxygen atoms in total. The molecule has 86 valence electrons. The first-order valence-electron chi connectivity index (χ1n) is 5.23. The molecule has 1 rings (SSSR count). The van der Waals surface area contributed by atoms with Crippen LogP contribution in [0.2, 0.25) is 0 Å². The van der Waals surface area contributed by atoms with Crippen LogP contribution in [0.1, 0.15) is 27.2 Å². The number of carbonyl (C=O) groups is 2.